The summed E-state index contributed by atoms with van der Waals surface area (Å²) < 4.78 is 12.4. The van der Waals surface area contributed by atoms with E-state index < -0.39 is 0 Å². The van der Waals surface area contributed by atoms with Crippen LogP contribution in [-0.2, 0) is 7.05 Å². The lowest BCUT2D eigenvalue weighted by Crippen LogP contribution is -1.87. The number of furan rings is 1. The Labute approximate surface area is 232 Å². The van der Waals surface area contributed by atoms with Gasteiger partial charge in [0.1, 0.15) is 11.1 Å². The summed E-state index contributed by atoms with van der Waals surface area (Å²) in [5.41, 5.74) is 7.33. The van der Waals surface area contributed by atoms with Gasteiger partial charge >= 0.3 is 0 Å². The molecule has 8 aromatic rings. The van der Waals surface area contributed by atoms with E-state index in [9.17, 15) is 0 Å². The minimum Gasteiger partial charge on any atom is -0.464 e. The van der Waals surface area contributed by atoms with Crippen molar-refractivity contribution in [1.82, 2.24) is 25.0 Å². The van der Waals surface area contributed by atoms with Gasteiger partial charge in [-0.1, -0.05) is 66.7 Å². The van der Waals surface area contributed by atoms with Crippen molar-refractivity contribution in [3.63, 3.8) is 0 Å². The molecule has 0 aliphatic carbocycles. The normalized spacial score (nSPS) is 10.5. The Balaban J connectivity index is 0.000000108. The van der Waals surface area contributed by atoms with Gasteiger partial charge in [-0.2, -0.15) is 10.2 Å². The van der Waals surface area contributed by atoms with Crippen molar-refractivity contribution in [2.75, 3.05) is 0 Å². The van der Waals surface area contributed by atoms with Crippen molar-refractivity contribution in [2.24, 2.45) is 7.05 Å². The molecule has 4 heterocycles. The minimum atomic E-state index is 0.723. The van der Waals surface area contributed by atoms with E-state index in [2.05, 4.69) is 44.5 Å². The highest BCUT2D eigenvalue weighted by atomic mass is 16.3. The quantitative estimate of drug-likeness (QED) is 0.213. The number of aryl methyl sites for hydroxylation is 4. The number of para-hydroxylation sites is 5. The number of H-pyrrole nitrogens is 1. The summed E-state index contributed by atoms with van der Waals surface area (Å²) in [5, 5.41) is 14.8. The van der Waals surface area contributed by atoms with Gasteiger partial charge in [0.15, 0.2) is 11.5 Å². The van der Waals surface area contributed by atoms with Crippen LogP contribution in [0.25, 0.3) is 43.9 Å². The number of aromatic amines is 1. The molecule has 8 rings (SSSR count). The zero-order valence-corrected chi connectivity index (χ0v) is 23.0. The number of rotatable bonds is 0. The average molecular weight is 530 g/mol. The first-order valence-electron chi connectivity index (χ1n) is 13.0. The lowest BCUT2D eigenvalue weighted by molar-refractivity contribution is 0.561. The molecule has 0 amide bonds. The maximum Gasteiger partial charge on any atom is 0.192 e. The summed E-state index contributed by atoms with van der Waals surface area (Å²) in [6.07, 6.45) is 3.65. The smallest absolute Gasteiger partial charge is 0.192 e. The molecule has 7 nitrogen and oxygen atoms in total. The number of fused-ring (bicyclic) bond motifs is 4. The lowest BCUT2D eigenvalue weighted by Gasteiger charge is -1.90. The van der Waals surface area contributed by atoms with Gasteiger partial charge in [0.05, 0.1) is 23.5 Å². The Morgan fingerprint density at radius 3 is 2.08 bits per heavy atom. The van der Waals surface area contributed by atoms with Crippen molar-refractivity contribution >= 4 is 43.9 Å². The van der Waals surface area contributed by atoms with E-state index >= 15 is 0 Å². The number of hydrogen-bond donors (Lipinski definition) is 1. The van der Waals surface area contributed by atoms with Gasteiger partial charge in [-0.05, 0) is 49.7 Å². The predicted octanol–water partition coefficient (Wildman–Crippen LogP) is 8.32. The monoisotopic (exact) mass is 529 g/mol. The van der Waals surface area contributed by atoms with Crippen LogP contribution in [0.2, 0.25) is 0 Å². The van der Waals surface area contributed by atoms with Gasteiger partial charge < -0.3 is 8.83 Å². The highest BCUT2D eigenvalue weighted by Gasteiger charge is 1.99. The van der Waals surface area contributed by atoms with Crippen LogP contribution >= 0.6 is 0 Å². The molecule has 0 bridgehead atoms. The number of oxazole rings is 1. The number of aromatic nitrogens is 5. The number of hydrogen-bond acceptors (Lipinski definition) is 5. The van der Waals surface area contributed by atoms with Gasteiger partial charge in [0, 0.05) is 35.8 Å². The van der Waals surface area contributed by atoms with E-state index in [1.54, 1.807) is 6.26 Å². The summed E-state index contributed by atoms with van der Waals surface area (Å²) in [6, 6.07) is 32.0. The Morgan fingerprint density at radius 1 is 0.700 bits per heavy atom. The first-order valence-corrected chi connectivity index (χ1v) is 13.0. The van der Waals surface area contributed by atoms with Crippen LogP contribution in [0.4, 0.5) is 0 Å². The maximum absolute atomic E-state index is 5.26. The van der Waals surface area contributed by atoms with Crippen LogP contribution in [-0.4, -0.2) is 25.0 Å². The summed E-state index contributed by atoms with van der Waals surface area (Å²) in [4.78, 5) is 4.15. The Hall–Kier alpha value is -5.17. The molecule has 0 fully saturated rings. The molecule has 0 saturated carbocycles. The highest BCUT2D eigenvalue weighted by Crippen LogP contribution is 2.19. The molecule has 0 radical (unpaired) electrons. The fraction of sp³-hybridized carbons (Fsp3) is 0.121. The second-order valence-corrected chi connectivity index (χ2v) is 9.31. The number of nitrogens with zero attached hydrogens (tertiary/aromatic N) is 4. The molecule has 0 aliphatic rings. The zero-order chi connectivity index (χ0) is 27.9. The van der Waals surface area contributed by atoms with Gasteiger partial charge in [-0.3, -0.25) is 9.78 Å². The molecule has 0 unspecified atom stereocenters. The minimum absolute atomic E-state index is 0.723. The topological polar surface area (TPSA) is 85.7 Å². The van der Waals surface area contributed by atoms with E-state index in [0.717, 1.165) is 33.8 Å². The van der Waals surface area contributed by atoms with Crippen LogP contribution in [0.5, 0.6) is 0 Å². The zero-order valence-electron chi connectivity index (χ0n) is 23.0. The average Bonchev–Trinajstić information content (AvgIpc) is 3.76. The molecular formula is C33H31N5O2. The van der Waals surface area contributed by atoms with E-state index in [1.807, 2.05) is 111 Å². The predicted molar refractivity (Wildman–Crippen MR) is 161 cm³/mol. The van der Waals surface area contributed by atoms with Crippen LogP contribution in [0.15, 0.2) is 118 Å². The Morgan fingerprint density at radius 2 is 1.35 bits per heavy atom. The van der Waals surface area contributed by atoms with Gasteiger partial charge in [0.2, 0.25) is 0 Å². The van der Waals surface area contributed by atoms with Crippen LogP contribution < -0.4 is 0 Å². The van der Waals surface area contributed by atoms with Gasteiger partial charge in [-0.25, -0.2) is 4.98 Å². The lowest BCUT2D eigenvalue weighted by atomic mass is 10.2. The van der Waals surface area contributed by atoms with E-state index in [4.69, 9.17) is 8.83 Å². The van der Waals surface area contributed by atoms with Crippen molar-refractivity contribution in [3.05, 3.63) is 127 Å². The van der Waals surface area contributed by atoms with Crippen molar-refractivity contribution in [2.45, 2.75) is 20.8 Å². The fourth-order valence-corrected chi connectivity index (χ4v) is 4.29. The molecule has 4 aromatic carbocycles. The van der Waals surface area contributed by atoms with Crippen LogP contribution in [0.1, 0.15) is 17.1 Å². The standard InChI is InChI=1S/C9H8O.2C8H8N2.C8H7NO/c1-7-6-10-9-5-3-2-4-8(7)9;1-10-8-5-3-2-4-7(8)6-9-10;1-6-7-4-2-3-5-8(7)10-9-6;1-6-9-7-4-2-3-5-8(7)10-6/h2*2-6H,1H3;2-5H,1H3,(H,9,10);2-5H,1H3. The van der Waals surface area contributed by atoms with Crippen molar-refractivity contribution in [1.29, 1.82) is 0 Å². The molecule has 0 aliphatic heterocycles. The molecule has 40 heavy (non-hydrogen) atoms. The van der Waals surface area contributed by atoms with Crippen LogP contribution in [0, 0.1) is 20.8 Å². The maximum atomic E-state index is 5.26. The highest BCUT2D eigenvalue weighted by molar-refractivity contribution is 5.81. The molecular weight excluding hydrogens is 498 g/mol. The van der Waals surface area contributed by atoms with Gasteiger partial charge in [0.25, 0.3) is 0 Å². The molecule has 0 atom stereocenters. The first-order chi connectivity index (χ1) is 19.5. The third-order valence-electron chi connectivity index (χ3n) is 6.38. The summed E-state index contributed by atoms with van der Waals surface area (Å²) in [7, 11) is 1.95. The summed E-state index contributed by atoms with van der Waals surface area (Å²) >= 11 is 0. The second kappa shape index (κ2) is 12.1. The third kappa shape index (κ3) is 6.10. The van der Waals surface area contributed by atoms with E-state index in [0.29, 0.717) is 0 Å². The fourth-order valence-electron chi connectivity index (χ4n) is 4.29. The SMILES string of the molecule is Cc1[nH]nc2ccccc12.Cc1coc2ccccc12.Cc1nc2ccccc2o1.Cn1ncc2ccccc21. The van der Waals surface area contributed by atoms with Crippen molar-refractivity contribution in [3.8, 4) is 0 Å². The number of nitrogens with one attached hydrogen (secondary N) is 1. The second-order valence-electron chi connectivity index (χ2n) is 9.31. The molecule has 200 valence electrons. The molecule has 7 heteroatoms. The van der Waals surface area contributed by atoms with E-state index in [-0.39, 0.29) is 0 Å². The van der Waals surface area contributed by atoms with Gasteiger partial charge in [-0.15, -0.1) is 0 Å². The van der Waals surface area contributed by atoms with E-state index in [1.165, 1.54) is 27.2 Å². The summed E-state index contributed by atoms with van der Waals surface area (Å²) in [5.74, 6) is 0.723. The van der Waals surface area contributed by atoms with Crippen LogP contribution in [0.3, 0.4) is 0 Å². The molecule has 4 aromatic heterocycles. The summed E-state index contributed by atoms with van der Waals surface area (Å²) in [6.45, 7) is 5.92. The molecule has 1 N–H and O–H groups in total. The Bertz CT molecular complexity index is 1760. The molecule has 0 saturated heterocycles. The third-order valence-corrected chi connectivity index (χ3v) is 6.38. The first kappa shape index (κ1) is 26.4. The molecule has 0 spiro atoms. The number of benzene rings is 4. The Kier molecular flexibility index (Phi) is 8.02. The van der Waals surface area contributed by atoms with Crippen molar-refractivity contribution < 1.29 is 8.83 Å². The largest absolute Gasteiger partial charge is 0.464 e.